The van der Waals surface area contributed by atoms with Crippen LogP contribution in [0.3, 0.4) is 0 Å². The van der Waals surface area contributed by atoms with E-state index in [0.29, 0.717) is 33.2 Å². The first-order valence-electron chi connectivity index (χ1n) is 10.1. The van der Waals surface area contributed by atoms with E-state index in [1.54, 1.807) is 41.0 Å². The van der Waals surface area contributed by atoms with Crippen LogP contribution < -0.4 is 10.1 Å². The van der Waals surface area contributed by atoms with E-state index >= 15 is 0 Å². The quantitative estimate of drug-likeness (QED) is 0.389. The number of aromatic amines is 1. The van der Waals surface area contributed by atoms with Gasteiger partial charge in [-0.2, -0.15) is 23.4 Å². The molecular weight excluding hydrogens is 457 g/mol. The normalized spacial score (nSPS) is 18.1. The molecule has 1 aliphatic heterocycles. The van der Waals surface area contributed by atoms with Crippen LogP contribution in [0.25, 0.3) is 11.4 Å². The number of ether oxygens (including phenoxy) is 1. The molecule has 33 heavy (non-hydrogen) atoms. The minimum Gasteiger partial charge on any atom is -0.497 e. The number of anilines is 1. The van der Waals surface area contributed by atoms with E-state index in [9.17, 15) is 13.2 Å². The van der Waals surface area contributed by atoms with Gasteiger partial charge in [-0.15, -0.1) is 0 Å². The van der Waals surface area contributed by atoms with E-state index in [2.05, 4.69) is 20.6 Å². The molecule has 0 aliphatic carbocycles. The molecule has 2 N–H and O–H groups in total. The number of nitrogens with one attached hydrogen (secondary N) is 2. The number of H-pyrrole nitrogens is 1. The Morgan fingerprint density at radius 2 is 2.03 bits per heavy atom. The first-order chi connectivity index (χ1) is 15.8. The number of benzene rings is 1. The number of alkyl halides is 3. The van der Waals surface area contributed by atoms with E-state index in [-0.39, 0.29) is 18.8 Å². The van der Waals surface area contributed by atoms with Crippen LogP contribution in [0.2, 0.25) is 0 Å². The molecule has 0 spiro atoms. The number of furan rings is 1. The van der Waals surface area contributed by atoms with Gasteiger partial charge in [-0.3, -0.25) is 9.67 Å². The smallest absolute Gasteiger partial charge is 0.410 e. The van der Waals surface area contributed by atoms with Gasteiger partial charge in [-0.25, -0.2) is 4.68 Å². The molecule has 4 heterocycles. The third-order valence-electron chi connectivity index (χ3n) is 5.65. The first kappa shape index (κ1) is 21.3. The molecule has 0 fully saturated rings. The largest absolute Gasteiger partial charge is 0.497 e. The molecule has 0 radical (unpaired) electrons. The van der Waals surface area contributed by atoms with Gasteiger partial charge in [-0.1, -0.05) is 12.1 Å². The molecule has 4 aromatic rings. The lowest BCUT2D eigenvalue weighted by Gasteiger charge is -2.34. The van der Waals surface area contributed by atoms with E-state index in [1.165, 1.54) is 19.6 Å². The fraction of sp³-hybridized carbons (Fsp3) is 0.286. The Bertz CT molecular complexity index is 1310. The maximum absolute atomic E-state index is 14.0. The fourth-order valence-electron chi connectivity index (χ4n) is 4.01. The van der Waals surface area contributed by atoms with Crippen molar-refractivity contribution in [2.24, 2.45) is 0 Å². The lowest BCUT2D eigenvalue weighted by atomic mass is 9.96. The average molecular weight is 476 g/mol. The van der Waals surface area contributed by atoms with Gasteiger partial charge in [0, 0.05) is 6.42 Å². The summed E-state index contributed by atoms with van der Waals surface area (Å²) in [5.74, 6) is 1.84. The zero-order chi connectivity index (χ0) is 23.2. The number of aromatic nitrogens is 5. The van der Waals surface area contributed by atoms with Crippen LogP contribution >= 0.6 is 12.2 Å². The van der Waals surface area contributed by atoms with Crippen LogP contribution in [0.1, 0.15) is 29.8 Å². The summed E-state index contributed by atoms with van der Waals surface area (Å²) in [7, 11) is 1.54. The molecule has 8 nitrogen and oxygen atoms in total. The number of methoxy groups -OCH3 is 1. The zero-order valence-corrected chi connectivity index (χ0v) is 18.2. The first-order valence-corrected chi connectivity index (χ1v) is 10.5. The summed E-state index contributed by atoms with van der Waals surface area (Å²) >= 11 is 5.34. The second kappa shape index (κ2) is 8.10. The van der Waals surface area contributed by atoms with Gasteiger partial charge >= 0.3 is 6.18 Å². The minimum atomic E-state index is -4.48. The van der Waals surface area contributed by atoms with Crippen LogP contribution in [0, 0.1) is 4.77 Å². The van der Waals surface area contributed by atoms with Crippen molar-refractivity contribution in [2.75, 3.05) is 12.4 Å². The SMILES string of the molecule is COc1ccc(C2CC(C(F)(F)F)n3ncc(-c4n[nH]c(=S)n4Cc4ccco4)c3N2)cc1. The number of fused-ring (bicyclic) bond motifs is 1. The van der Waals surface area contributed by atoms with E-state index in [1.807, 2.05) is 0 Å². The minimum absolute atomic E-state index is 0.205. The molecule has 0 bridgehead atoms. The predicted octanol–water partition coefficient (Wildman–Crippen LogP) is 5.11. The van der Waals surface area contributed by atoms with E-state index < -0.39 is 18.3 Å². The Balaban J connectivity index is 1.58. The Hall–Kier alpha value is -3.54. The topological polar surface area (TPSA) is 85.8 Å². The van der Waals surface area contributed by atoms with Crippen molar-refractivity contribution in [3.05, 3.63) is 65.0 Å². The van der Waals surface area contributed by atoms with Crippen molar-refractivity contribution in [3.8, 4) is 17.1 Å². The van der Waals surface area contributed by atoms with Crippen LogP contribution in [-0.4, -0.2) is 37.8 Å². The van der Waals surface area contributed by atoms with Crippen molar-refractivity contribution in [1.82, 2.24) is 24.5 Å². The number of halogens is 3. The molecule has 1 aliphatic rings. The molecule has 3 aromatic heterocycles. The monoisotopic (exact) mass is 476 g/mol. The van der Waals surface area contributed by atoms with Gasteiger partial charge in [0.1, 0.15) is 17.3 Å². The molecule has 2 unspecified atom stereocenters. The van der Waals surface area contributed by atoms with Gasteiger partial charge in [-0.05, 0) is 42.0 Å². The van der Waals surface area contributed by atoms with Gasteiger partial charge < -0.3 is 14.5 Å². The molecule has 172 valence electrons. The van der Waals surface area contributed by atoms with Gasteiger partial charge in [0.05, 0.1) is 37.7 Å². The Morgan fingerprint density at radius 3 is 2.70 bits per heavy atom. The van der Waals surface area contributed by atoms with Crippen molar-refractivity contribution < 1.29 is 22.3 Å². The Kier molecular flexibility index (Phi) is 5.23. The highest BCUT2D eigenvalue weighted by Gasteiger charge is 2.47. The average Bonchev–Trinajstić information content (AvgIpc) is 3.54. The highest BCUT2D eigenvalue weighted by atomic mass is 32.1. The Labute approximate surface area is 191 Å². The van der Waals surface area contributed by atoms with Crippen LogP contribution in [0.4, 0.5) is 19.0 Å². The van der Waals surface area contributed by atoms with Crippen LogP contribution in [-0.2, 0) is 6.54 Å². The summed E-state index contributed by atoms with van der Waals surface area (Å²) in [5.41, 5.74) is 1.11. The summed E-state index contributed by atoms with van der Waals surface area (Å²) in [6.07, 6.45) is -1.77. The molecule has 12 heteroatoms. The molecular formula is C21H19F3N6O2S. The maximum Gasteiger partial charge on any atom is 0.410 e. The number of nitrogens with zero attached hydrogens (tertiary/aromatic N) is 4. The standard InChI is InChI=1S/C21H19F3N6O2S/c1-31-13-6-4-12(5-7-13)16-9-17(21(22,23)24)30-18(26-16)15(10-25-30)19-27-28-20(33)29(19)11-14-3-2-8-32-14/h2-8,10,16-17,26H,9,11H2,1H3,(H,28,33). The second-order valence-electron chi connectivity index (χ2n) is 7.63. The molecule has 0 saturated heterocycles. The second-order valence-corrected chi connectivity index (χ2v) is 8.02. The summed E-state index contributed by atoms with van der Waals surface area (Å²) < 4.78 is 55.5. The molecule has 0 saturated carbocycles. The van der Waals surface area contributed by atoms with Crippen LogP contribution in [0.5, 0.6) is 5.75 Å². The third-order valence-corrected chi connectivity index (χ3v) is 5.96. The predicted molar refractivity (Wildman–Crippen MR) is 116 cm³/mol. The lowest BCUT2D eigenvalue weighted by Crippen LogP contribution is -2.35. The number of rotatable bonds is 5. The highest BCUT2D eigenvalue weighted by molar-refractivity contribution is 7.71. The third kappa shape index (κ3) is 3.90. The summed E-state index contributed by atoms with van der Waals surface area (Å²) in [5, 5.41) is 14.3. The number of hydrogen-bond donors (Lipinski definition) is 2. The van der Waals surface area contributed by atoms with E-state index in [0.717, 1.165) is 4.68 Å². The van der Waals surface area contributed by atoms with Crippen molar-refractivity contribution in [2.45, 2.75) is 31.2 Å². The fourth-order valence-corrected chi connectivity index (χ4v) is 4.21. The summed E-state index contributed by atoms with van der Waals surface area (Å²) in [4.78, 5) is 0. The lowest BCUT2D eigenvalue weighted by molar-refractivity contribution is -0.173. The summed E-state index contributed by atoms with van der Waals surface area (Å²) in [6, 6.07) is 8.09. The maximum atomic E-state index is 14.0. The molecule has 2 atom stereocenters. The highest BCUT2D eigenvalue weighted by Crippen LogP contribution is 2.46. The number of hydrogen-bond acceptors (Lipinski definition) is 6. The van der Waals surface area contributed by atoms with Crippen molar-refractivity contribution >= 4 is 18.0 Å². The zero-order valence-electron chi connectivity index (χ0n) is 17.3. The molecule has 1 aromatic carbocycles. The van der Waals surface area contributed by atoms with Crippen molar-refractivity contribution in [3.63, 3.8) is 0 Å². The van der Waals surface area contributed by atoms with Gasteiger partial charge in [0.25, 0.3) is 0 Å². The Morgan fingerprint density at radius 1 is 1.24 bits per heavy atom. The molecule has 0 amide bonds. The van der Waals surface area contributed by atoms with E-state index in [4.69, 9.17) is 21.4 Å². The molecule has 5 rings (SSSR count). The van der Waals surface area contributed by atoms with Crippen molar-refractivity contribution in [1.29, 1.82) is 0 Å². The van der Waals surface area contributed by atoms with Crippen LogP contribution in [0.15, 0.2) is 53.3 Å². The van der Waals surface area contributed by atoms with Gasteiger partial charge in [0.2, 0.25) is 0 Å². The summed E-state index contributed by atoms with van der Waals surface area (Å²) in [6.45, 7) is 0.271. The van der Waals surface area contributed by atoms with Gasteiger partial charge in [0.15, 0.2) is 16.6 Å².